The third-order valence-electron chi connectivity index (χ3n) is 2.71. The Morgan fingerprint density at radius 1 is 1.18 bits per heavy atom. The van der Waals surface area contributed by atoms with E-state index >= 15 is 0 Å². The number of amides is 1. The lowest BCUT2D eigenvalue weighted by molar-refractivity contribution is -0.384. The van der Waals surface area contributed by atoms with Gasteiger partial charge in [-0.15, -0.1) is 0 Å². The second-order valence-corrected chi connectivity index (χ2v) is 5.04. The van der Waals surface area contributed by atoms with Crippen LogP contribution in [0.15, 0.2) is 30.3 Å². The molecule has 0 aliphatic carbocycles. The molecular weight excluding hydrogens is 335 g/mol. The van der Waals surface area contributed by atoms with Gasteiger partial charge in [0.2, 0.25) is 0 Å². The van der Waals surface area contributed by atoms with Crippen molar-refractivity contribution in [2.75, 3.05) is 5.32 Å². The molecule has 0 saturated carbocycles. The first-order chi connectivity index (χ1) is 10.3. The van der Waals surface area contributed by atoms with Crippen molar-refractivity contribution in [3.63, 3.8) is 0 Å². The Morgan fingerprint density at radius 2 is 1.86 bits per heavy atom. The molecule has 0 saturated heterocycles. The Bertz CT molecular complexity index is 779. The Balaban J connectivity index is 2.32. The van der Waals surface area contributed by atoms with Crippen molar-refractivity contribution in [2.24, 2.45) is 0 Å². The summed E-state index contributed by atoms with van der Waals surface area (Å²) in [6.45, 7) is 0. The van der Waals surface area contributed by atoms with E-state index in [-0.39, 0.29) is 27.0 Å². The predicted octanol–water partition coefficient (Wildman–Crippen LogP) is 3.57. The summed E-state index contributed by atoms with van der Waals surface area (Å²) in [5, 5.41) is 32.1. The molecule has 2 aromatic rings. The van der Waals surface area contributed by atoms with Gasteiger partial charge in [-0.25, -0.2) is 0 Å². The van der Waals surface area contributed by atoms with Crippen molar-refractivity contribution in [1.29, 1.82) is 0 Å². The first-order valence-electron chi connectivity index (χ1n) is 5.76. The summed E-state index contributed by atoms with van der Waals surface area (Å²) in [6, 6.07) is 5.72. The molecule has 0 aromatic heterocycles. The van der Waals surface area contributed by atoms with Gasteiger partial charge in [0, 0.05) is 23.2 Å². The molecule has 3 N–H and O–H groups in total. The molecule has 22 heavy (non-hydrogen) atoms. The molecule has 0 fully saturated rings. The van der Waals surface area contributed by atoms with Crippen molar-refractivity contribution in [1.82, 2.24) is 0 Å². The van der Waals surface area contributed by atoms with Crippen molar-refractivity contribution < 1.29 is 19.9 Å². The van der Waals surface area contributed by atoms with E-state index in [9.17, 15) is 25.1 Å². The molecule has 114 valence electrons. The van der Waals surface area contributed by atoms with Crippen LogP contribution in [0.1, 0.15) is 10.4 Å². The normalized spacial score (nSPS) is 10.3. The molecule has 2 rings (SSSR count). The first-order valence-corrected chi connectivity index (χ1v) is 6.52. The van der Waals surface area contributed by atoms with Crippen LogP contribution in [-0.2, 0) is 0 Å². The van der Waals surface area contributed by atoms with Crippen LogP contribution in [0, 0.1) is 10.1 Å². The lowest BCUT2D eigenvalue weighted by atomic mass is 10.1. The summed E-state index contributed by atoms with van der Waals surface area (Å²) in [5.74, 6) is -1.97. The highest BCUT2D eigenvalue weighted by Crippen LogP contribution is 2.34. The number of nitrogens with one attached hydrogen (secondary N) is 1. The summed E-state index contributed by atoms with van der Waals surface area (Å²) in [5.41, 5.74) is -0.387. The molecule has 0 aliphatic heterocycles. The number of carbonyl (C=O) groups excluding carboxylic acids is 1. The minimum absolute atomic E-state index is 0.0479. The highest BCUT2D eigenvalue weighted by Gasteiger charge is 2.18. The molecule has 0 unspecified atom stereocenters. The van der Waals surface area contributed by atoms with E-state index < -0.39 is 22.3 Å². The van der Waals surface area contributed by atoms with Crippen LogP contribution >= 0.6 is 23.2 Å². The number of nitro benzene ring substituents is 1. The summed E-state index contributed by atoms with van der Waals surface area (Å²) >= 11 is 11.6. The largest absolute Gasteiger partial charge is 0.504 e. The molecule has 0 aliphatic rings. The first kappa shape index (κ1) is 15.9. The number of nitrogens with zero attached hydrogens (tertiary/aromatic N) is 1. The van der Waals surface area contributed by atoms with E-state index in [4.69, 9.17) is 23.2 Å². The van der Waals surface area contributed by atoms with E-state index in [0.29, 0.717) is 0 Å². The number of phenolic OH excluding ortho intramolecular Hbond substituents is 2. The zero-order valence-corrected chi connectivity index (χ0v) is 12.2. The Morgan fingerprint density at radius 3 is 2.45 bits per heavy atom. The fraction of sp³-hybridized carbons (Fsp3) is 0. The lowest BCUT2D eigenvalue weighted by Gasteiger charge is -2.09. The lowest BCUT2D eigenvalue weighted by Crippen LogP contribution is -2.12. The third kappa shape index (κ3) is 3.21. The van der Waals surface area contributed by atoms with Crippen LogP contribution in [0.25, 0.3) is 0 Å². The van der Waals surface area contributed by atoms with Gasteiger partial charge in [-0.2, -0.15) is 0 Å². The minimum atomic E-state index is -0.786. The number of halogens is 2. The maximum atomic E-state index is 12.1. The van der Waals surface area contributed by atoms with Gasteiger partial charge in [-0.3, -0.25) is 14.9 Å². The van der Waals surface area contributed by atoms with E-state index in [1.165, 1.54) is 6.07 Å². The predicted molar refractivity (Wildman–Crippen MR) is 80.8 cm³/mol. The van der Waals surface area contributed by atoms with Gasteiger partial charge in [-0.1, -0.05) is 23.2 Å². The van der Waals surface area contributed by atoms with Gasteiger partial charge in [-0.05, 0) is 12.1 Å². The smallest absolute Gasteiger partial charge is 0.271 e. The molecule has 0 heterocycles. The minimum Gasteiger partial charge on any atom is -0.504 e. The van der Waals surface area contributed by atoms with Crippen LogP contribution in [0.3, 0.4) is 0 Å². The molecule has 1 amide bonds. The van der Waals surface area contributed by atoms with Gasteiger partial charge < -0.3 is 15.5 Å². The van der Waals surface area contributed by atoms with E-state index in [1.807, 2.05) is 0 Å². The molecular formula is C13H8Cl2N2O5. The number of non-ortho nitro benzene ring substituents is 1. The SMILES string of the molecule is O=C(Nc1ccc([N+](=O)[O-])cc1Cl)c1cc(Cl)cc(O)c1O. The topological polar surface area (TPSA) is 113 Å². The van der Waals surface area contributed by atoms with Gasteiger partial charge in [0.25, 0.3) is 11.6 Å². The van der Waals surface area contributed by atoms with Crippen molar-refractivity contribution in [2.45, 2.75) is 0 Å². The van der Waals surface area contributed by atoms with Crippen LogP contribution in [0.2, 0.25) is 10.0 Å². The standard InChI is InChI=1S/C13H8Cl2N2O5/c14-6-3-8(12(19)11(18)4-6)13(20)16-10-2-1-7(17(21)22)5-9(10)15/h1-5,18-19H,(H,16,20). The molecule has 0 spiro atoms. The number of benzene rings is 2. The Labute approximate surface area is 133 Å². The number of anilines is 1. The molecule has 0 bridgehead atoms. The van der Waals surface area contributed by atoms with E-state index in [0.717, 1.165) is 24.3 Å². The fourth-order valence-corrected chi connectivity index (χ4v) is 2.10. The van der Waals surface area contributed by atoms with Crippen molar-refractivity contribution >= 4 is 40.5 Å². The second-order valence-electron chi connectivity index (χ2n) is 4.20. The van der Waals surface area contributed by atoms with Crippen LogP contribution in [0.4, 0.5) is 11.4 Å². The number of phenols is 2. The average molecular weight is 343 g/mol. The summed E-state index contributed by atoms with van der Waals surface area (Å²) in [4.78, 5) is 22.1. The van der Waals surface area contributed by atoms with Gasteiger partial charge >= 0.3 is 0 Å². The molecule has 9 heteroatoms. The summed E-state index contributed by atoms with van der Waals surface area (Å²) in [6.07, 6.45) is 0. The maximum absolute atomic E-state index is 12.1. The zero-order valence-electron chi connectivity index (χ0n) is 10.7. The number of carbonyl (C=O) groups is 1. The van der Waals surface area contributed by atoms with Crippen molar-refractivity contribution in [3.05, 3.63) is 56.1 Å². The van der Waals surface area contributed by atoms with E-state index in [2.05, 4.69) is 5.32 Å². The van der Waals surface area contributed by atoms with Gasteiger partial charge in [0.15, 0.2) is 11.5 Å². The second kappa shape index (κ2) is 6.08. The van der Waals surface area contributed by atoms with Gasteiger partial charge in [0.1, 0.15) is 0 Å². The number of rotatable bonds is 3. The van der Waals surface area contributed by atoms with Crippen LogP contribution < -0.4 is 5.32 Å². The summed E-state index contributed by atoms with van der Waals surface area (Å²) in [7, 11) is 0. The van der Waals surface area contributed by atoms with Crippen LogP contribution in [-0.4, -0.2) is 21.0 Å². The highest BCUT2D eigenvalue weighted by molar-refractivity contribution is 6.34. The quantitative estimate of drug-likeness (QED) is 0.448. The van der Waals surface area contributed by atoms with E-state index in [1.54, 1.807) is 0 Å². The number of nitro groups is 1. The fourth-order valence-electron chi connectivity index (χ4n) is 1.67. The monoisotopic (exact) mass is 342 g/mol. The average Bonchev–Trinajstić information content (AvgIpc) is 2.44. The van der Waals surface area contributed by atoms with Crippen molar-refractivity contribution in [3.8, 4) is 11.5 Å². The highest BCUT2D eigenvalue weighted by atomic mass is 35.5. The molecule has 0 radical (unpaired) electrons. The zero-order chi connectivity index (χ0) is 16.4. The molecule has 0 atom stereocenters. The molecule has 7 nitrogen and oxygen atoms in total. The number of hydrogen-bond acceptors (Lipinski definition) is 5. The number of hydrogen-bond donors (Lipinski definition) is 3. The van der Waals surface area contributed by atoms with Gasteiger partial charge in [0.05, 0.1) is 21.2 Å². The molecule has 2 aromatic carbocycles. The number of aromatic hydroxyl groups is 2. The van der Waals surface area contributed by atoms with Crippen LogP contribution in [0.5, 0.6) is 11.5 Å². The Kier molecular flexibility index (Phi) is 4.39. The summed E-state index contributed by atoms with van der Waals surface area (Å²) < 4.78 is 0. The maximum Gasteiger partial charge on any atom is 0.271 e. The third-order valence-corrected chi connectivity index (χ3v) is 3.24. The Hall–Kier alpha value is -2.51.